The number of allylic oxidation sites excluding steroid dienone is 1. The van der Waals surface area contributed by atoms with Gasteiger partial charge in [-0.2, -0.15) is 5.26 Å². The van der Waals surface area contributed by atoms with Gasteiger partial charge in [0.25, 0.3) is 0 Å². The zero-order valence-corrected chi connectivity index (χ0v) is 14.5. The number of nitrogens with zero attached hydrogens (tertiary/aromatic N) is 2. The highest BCUT2D eigenvalue weighted by molar-refractivity contribution is 7.11. The largest absolute Gasteiger partial charge is 0.497 e. The van der Waals surface area contributed by atoms with Gasteiger partial charge in [0.15, 0.2) is 11.6 Å². The number of nitriles is 1. The van der Waals surface area contributed by atoms with Gasteiger partial charge in [0.05, 0.1) is 12.8 Å². The Morgan fingerprint density at radius 2 is 2.08 bits per heavy atom. The molecule has 0 unspecified atom stereocenters. The molecule has 0 bridgehead atoms. The van der Waals surface area contributed by atoms with Crippen LogP contribution in [0.2, 0.25) is 0 Å². The van der Waals surface area contributed by atoms with Gasteiger partial charge in [0.2, 0.25) is 0 Å². The first-order valence-corrected chi connectivity index (χ1v) is 8.41. The van der Waals surface area contributed by atoms with Crippen LogP contribution in [0, 0.1) is 23.0 Å². The van der Waals surface area contributed by atoms with Gasteiger partial charge in [-0.25, -0.2) is 13.8 Å². The number of nitrogens with one attached hydrogen (secondary N) is 1. The molecule has 0 radical (unpaired) electrons. The number of rotatable bonds is 5. The van der Waals surface area contributed by atoms with E-state index in [4.69, 9.17) is 4.74 Å². The first-order valence-electron chi connectivity index (χ1n) is 7.53. The van der Waals surface area contributed by atoms with Crippen LogP contribution in [0.25, 0.3) is 16.8 Å². The number of halogens is 2. The molecule has 0 fully saturated rings. The van der Waals surface area contributed by atoms with Crippen LogP contribution >= 0.6 is 11.3 Å². The average Bonchev–Trinajstić information content (AvgIpc) is 3.15. The van der Waals surface area contributed by atoms with Gasteiger partial charge in [-0.1, -0.05) is 12.1 Å². The minimum atomic E-state index is -0.962. The van der Waals surface area contributed by atoms with Crippen molar-refractivity contribution >= 4 is 22.6 Å². The van der Waals surface area contributed by atoms with E-state index in [1.807, 2.05) is 29.6 Å². The van der Waals surface area contributed by atoms with Crippen LogP contribution < -0.4 is 10.1 Å². The molecule has 0 aliphatic rings. The molecule has 4 nitrogen and oxygen atoms in total. The highest BCUT2D eigenvalue weighted by atomic mass is 32.1. The van der Waals surface area contributed by atoms with E-state index >= 15 is 0 Å². The molecule has 0 atom stereocenters. The van der Waals surface area contributed by atoms with Gasteiger partial charge in [0.1, 0.15) is 22.4 Å². The number of aromatic nitrogens is 1. The van der Waals surface area contributed by atoms with Crippen LogP contribution in [0.5, 0.6) is 5.75 Å². The van der Waals surface area contributed by atoms with Gasteiger partial charge in [-0.3, -0.25) is 0 Å². The third-order valence-electron chi connectivity index (χ3n) is 3.52. The van der Waals surface area contributed by atoms with Crippen molar-refractivity contribution in [1.82, 2.24) is 4.98 Å². The number of hydrogen-bond acceptors (Lipinski definition) is 5. The number of anilines is 1. The molecule has 7 heteroatoms. The normalized spacial score (nSPS) is 11.1. The Kier molecular flexibility index (Phi) is 5.25. The molecule has 3 rings (SSSR count). The maximum absolute atomic E-state index is 13.2. The lowest BCUT2D eigenvalue weighted by Gasteiger charge is -2.02. The first-order chi connectivity index (χ1) is 12.6. The Bertz CT molecular complexity index is 1010. The lowest BCUT2D eigenvalue weighted by molar-refractivity contribution is 0.415. The summed E-state index contributed by atoms with van der Waals surface area (Å²) in [5, 5.41) is 14.5. The van der Waals surface area contributed by atoms with Crippen LogP contribution in [-0.4, -0.2) is 12.1 Å². The van der Waals surface area contributed by atoms with E-state index in [9.17, 15) is 14.0 Å². The summed E-state index contributed by atoms with van der Waals surface area (Å²) in [5.74, 6) is -1.17. The molecule has 1 N–H and O–H groups in total. The zero-order valence-electron chi connectivity index (χ0n) is 13.7. The Hall–Kier alpha value is -3.24. The van der Waals surface area contributed by atoms with Crippen LogP contribution in [0.3, 0.4) is 0 Å². The molecule has 0 aliphatic carbocycles. The minimum absolute atomic E-state index is 0.286. The van der Waals surface area contributed by atoms with Crippen LogP contribution in [0.4, 0.5) is 14.5 Å². The summed E-state index contributed by atoms with van der Waals surface area (Å²) in [6.45, 7) is 0. The summed E-state index contributed by atoms with van der Waals surface area (Å²) in [7, 11) is 1.59. The topological polar surface area (TPSA) is 57.9 Å². The van der Waals surface area contributed by atoms with Gasteiger partial charge in [0, 0.05) is 28.9 Å². The van der Waals surface area contributed by atoms with Crippen molar-refractivity contribution in [2.24, 2.45) is 0 Å². The van der Waals surface area contributed by atoms with Crippen molar-refractivity contribution in [3.63, 3.8) is 0 Å². The molecule has 0 amide bonds. The van der Waals surface area contributed by atoms with Crippen molar-refractivity contribution in [3.8, 4) is 23.1 Å². The summed E-state index contributed by atoms with van der Waals surface area (Å²) in [4.78, 5) is 4.47. The molecule has 2 aromatic carbocycles. The second-order valence-corrected chi connectivity index (χ2v) is 6.07. The van der Waals surface area contributed by atoms with E-state index in [0.717, 1.165) is 23.4 Å². The predicted octanol–water partition coefficient (Wildman–Crippen LogP) is 5.07. The number of methoxy groups -OCH3 is 1. The van der Waals surface area contributed by atoms with Crippen molar-refractivity contribution in [2.45, 2.75) is 0 Å². The smallest absolute Gasteiger partial charge is 0.160 e. The Labute approximate surface area is 153 Å². The molecule has 130 valence electrons. The summed E-state index contributed by atoms with van der Waals surface area (Å²) < 4.78 is 31.4. The molecule has 0 saturated heterocycles. The molecule has 3 aromatic rings. The molecule has 1 heterocycles. The summed E-state index contributed by atoms with van der Waals surface area (Å²) in [6.07, 6.45) is 1.42. The van der Waals surface area contributed by atoms with Gasteiger partial charge < -0.3 is 10.1 Å². The highest BCUT2D eigenvalue weighted by Crippen LogP contribution is 2.28. The van der Waals surface area contributed by atoms with Crippen molar-refractivity contribution < 1.29 is 13.5 Å². The fraction of sp³-hybridized carbons (Fsp3) is 0.0526. The number of hydrogen-bond donors (Lipinski definition) is 1. The standard InChI is InChI=1S/C19H13F2N3OS/c1-25-15-4-2-3-12(7-15)18-11-26-19(24-18)13(9-22)10-23-14-5-6-16(20)17(21)8-14/h2-8,10-11,23H,1H3/b13-10-. The molecule has 0 spiro atoms. The first kappa shape index (κ1) is 17.6. The van der Waals surface area contributed by atoms with Gasteiger partial charge in [-0.05, 0) is 24.3 Å². The molecule has 26 heavy (non-hydrogen) atoms. The molecular formula is C19H13F2N3OS. The van der Waals surface area contributed by atoms with Crippen molar-refractivity contribution in [3.05, 3.63) is 70.7 Å². The lowest BCUT2D eigenvalue weighted by atomic mass is 10.1. The molecular weight excluding hydrogens is 356 g/mol. The third-order valence-corrected chi connectivity index (χ3v) is 4.40. The quantitative estimate of drug-likeness (QED) is 0.638. The number of thiazole rings is 1. The average molecular weight is 369 g/mol. The fourth-order valence-electron chi connectivity index (χ4n) is 2.20. The Balaban J connectivity index is 1.83. The zero-order chi connectivity index (χ0) is 18.5. The molecule has 0 saturated carbocycles. The predicted molar refractivity (Wildman–Crippen MR) is 97.7 cm³/mol. The highest BCUT2D eigenvalue weighted by Gasteiger charge is 2.10. The summed E-state index contributed by atoms with van der Waals surface area (Å²) in [6, 6.07) is 12.9. The van der Waals surface area contributed by atoms with E-state index in [-0.39, 0.29) is 5.57 Å². The van der Waals surface area contributed by atoms with E-state index in [2.05, 4.69) is 16.4 Å². The Morgan fingerprint density at radius 1 is 1.23 bits per heavy atom. The van der Waals surface area contributed by atoms with Crippen molar-refractivity contribution in [1.29, 1.82) is 5.26 Å². The van der Waals surface area contributed by atoms with Gasteiger partial charge in [-0.15, -0.1) is 11.3 Å². The van der Waals surface area contributed by atoms with Crippen LogP contribution in [0.1, 0.15) is 5.01 Å². The minimum Gasteiger partial charge on any atom is -0.497 e. The number of ether oxygens (including phenoxy) is 1. The SMILES string of the molecule is COc1cccc(-c2csc(/C(C#N)=C\Nc3ccc(F)c(F)c3)n2)c1. The maximum Gasteiger partial charge on any atom is 0.160 e. The maximum atomic E-state index is 13.2. The Morgan fingerprint density at radius 3 is 2.81 bits per heavy atom. The molecule has 0 aliphatic heterocycles. The lowest BCUT2D eigenvalue weighted by Crippen LogP contribution is -1.93. The second kappa shape index (κ2) is 7.76. The van der Waals surface area contributed by atoms with E-state index in [1.54, 1.807) is 7.11 Å². The van der Waals surface area contributed by atoms with E-state index in [1.165, 1.54) is 23.6 Å². The summed E-state index contributed by atoms with van der Waals surface area (Å²) >= 11 is 1.31. The second-order valence-electron chi connectivity index (χ2n) is 5.21. The van der Waals surface area contributed by atoms with Gasteiger partial charge >= 0.3 is 0 Å². The van der Waals surface area contributed by atoms with E-state index < -0.39 is 11.6 Å². The monoisotopic (exact) mass is 369 g/mol. The van der Waals surface area contributed by atoms with Crippen molar-refractivity contribution in [2.75, 3.05) is 12.4 Å². The van der Waals surface area contributed by atoms with Crippen LogP contribution in [0.15, 0.2) is 54.0 Å². The fourth-order valence-corrected chi connectivity index (χ4v) is 2.99. The van der Waals surface area contributed by atoms with Crippen LogP contribution in [-0.2, 0) is 0 Å². The number of benzene rings is 2. The van der Waals surface area contributed by atoms with E-state index in [0.29, 0.717) is 16.4 Å². The third kappa shape index (κ3) is 3.87. The molecule has 1 aromatic heterocycles. The summed E-state index contributed by atoms with van der Waals surface area (Å²) in [5.41, 5.74) is 2.21.